The van der Waals surface area contributed by atoms with Gasteiger partial charge in [0, 0.05) is 34.1 Å². The monoisotopic (exact) mass is 625 g/mol. The Balaban J connectivity index is 1.46. The van der Waals surface area contributed by atoms with E-state index < -0.39 is 21.9 Å². The van der Waals surface area contributed by atoms with E-state index in [-0.39, 0.29) is 13.1 Å². The molecule has 1 saturated heterocycles. The fraction of sp³-hybridized carbons (Fsp3) is 0.300. The number of nitrogens with zero attached hydrogens (tertiary/aromatic N) is 4. The third kappa shape index (κ3) is 6.25. The number of carbonyl (C=O) groups excluding carboxylic acids is 1. The average Bonchev–Trinajstić information content (AvgIpc) is 3.28. The summed E-state index contributed by atoms with van der Waals surface area (Å²) in [5, 5.41) is 13.1. The van der Waals surface area contributed by atoms with E-state index >= 15 is 0 Å². The minimum absolute atomic E-state index is 0.0451. The van der Waals surface area contributed by atoms with Crippen molar-refractivity contribution < 1.29 is 27.4 Å². The second kappa shape index (κ2) is 11.8. The topological polar surface area (TPSA) is 123 Å². The van der Waals surface area contributed by atoms with E-state index in [2.05, 4.69) is 15.5 Å². The molecule has 1 aromatic heterocycles. The summed E-state index contributed by atoms with van der Waals surface area (Å²) in [5.41, 5.74) is 3.06. The zero-order valence-electron chi connectivity index (χ0n) is 24.4. The smallest absolute Gasteiger partial charge is 0.425 e. The van der Waals surface area contributed by atoms with Gasteiger partial charge in [0.2, 0.25) is 0 Å². The van der Waals surface area contributed by atoms with Crippen LogP contribution in [-0.4, -0.2) is 61.9 Å². The number of methoxy groups -OCH3 is 2. The van der Waals surface area contributed by atoms with Crippen molar-refractivity contribution >= 4 is 50.2 Å². The van der Waals surface area contributed by atoms with Gasteiger partial charge in [-0.25, -0.2) is 4.79 Å². The standard InChI is InChI=1S/C30H32ClN5O6S/c1-30(2,3)42-29(37)36-13-12-35(43(36,38)39)27-11-8-21(31)15-24(27)19-7-10-23-25(14-19)34-33-18-26(23)32-17-20-6-9-22(40-4)16-28(20)41-5/h6-11,14-16,18H,12-13,17H2,1-5H3,(H,32,34). The van der Waals surface area contributed by atoms with Crippen LogP contribution in [0, 0.1) is 0 Å². The van der Waals surface area contributed by atoms with Gasteiger partial charge in [-0.05, 0) is 68.8 Å². The van der Waals surface area contributed by atoms with E-state index in [1.54, 1.807) is 59.4 Å². The van der Waals surface area contributed by atoms with Crippen molar-refractivity contribution in [3.8, 4) is 22.6 Å². The molecule has 0 bridgehead atoms. The van der Waals surface area contributed by atoms with E-state index in [0.29, 0.717) is 45.4 Å². The number of rotatable bonds is 7. The van der Waals surface area contributed by atoms with Gasteiger partial charge in [-0.2, -0.15) is 22.9 Å². The van der Waals surface area contributed by atoms with Crippen LogP contribution in [0.15, 0.2) is 60.8 Å². The maximum atomic E-state index is 13.5. The summed E-state index contributed by atoms with van der Waals surface area (Å²) < 4.78 is 45.0. The first-order valence-corrected chi connectivity index (χ1v) is 15.2. The van der Waals surface area contributed by atoms with Crippen molar-refractivity contribution in [2.24, 2.45) is 0 Å². The van der Waals surface area contributed by atoms with E-state index in [1.165, 1.54) is 4.31 Å². The number of hydrogen-bond acceptors (Lipinski definition) is 9. The SMILES string of the molecule is COc1ccc(CNc2cnnc3cc(-c4cc(Cl)ccc4N4CCN(C(=O)OC(C)(C)C)S4(=O)=O)ccc23)c(OC)c1. The number of aromatic nitrogens is 2. The van der Waals surface area contributed by atoms with Crippen LogP contribution in [-0.2, 0) is 21.5 Å². The largest absolute Gasteiger partial charge is 0.497 e. The first-order chi connectivity index (χ1) is 20.4. The molecule has 4 aromatic rings. The lowest BCUT2D eigenvalue weighted by Gasteiger charge is -2.25. The van der Waals surface area contributed by atoms with E-state index in [0.717, 1.165) is 20.9 Å². The third-order valence-electron chi connectivity index (χ3n) is 6.80. The summed E-state index contributed by atoms with van der Waals surface area (Å²) in [6, 6.07) is 16.1. The van der Waals surface area contributed by atoms with E-state index in [9.17, 15) is 13.2 Å². The number of fused-ring (bicyclic) bond motifs is 1. The summed E-state index contributed by atoms with van der Waals surface area (Å²) in [6.07, 6.45) is 0.726. The molecule has 1 aliphatic heterocycles. The molecule has 0 saturated carbocycles. The quantitative estimate of drug-likeness (QED) is 0.268. The Morgan fingerprint density at radius 2 is 1.81 bits per heavy atom. The number of carbonyl (C=O) groups is 1. The molecule has 0 radical (unpaired) electrons. The molecule has 0 unspecified atom stereocenters. The van der Waals surface area contributed by atoms with Crippen LogP contribution in [0.5, 0.6) is 11.5 Å². The predicted molar refractivity (Wildman–Crippen MR) is 166 cm³/mol. The van der Waals surface area contributed by atoms with Gasteiger partial charge in [0.15, 0.2) is 0 Å². The zero-order chi connectivity index (χ0) is 30.9. The Morgan fingerprint density at radius 1 is 1.02 bits per heavy atom. The first kappa shape index (κ1) is 30.2. The van der Waals surface area contributed by atoms with Gasteiger partial charge < -0.3 is 19.5 Å². The third-order valence-corrected chi connectivity index (χ3v) is 8.86. The van der Waals surface area contributed by atoms with Gasteiger partial charge >= 0.3 is 16.3 Å². The molecule has 0 aliphatic carbocycles. The fourth-order valence-corrected chi connectivity index (χ4v) is 6.46. The molecule has 5 rings (SSSR count). The molecule has 1 fully saturated rings. The summed E-state index contributed by atoms with van der Waals surface area (Å²) in [6.45, 7) is 5.53. The Labute approximate surface area is 255 Å². The lowest BCUT2D eigenvalue weighted by molar-refractivity contribution is 0.0405. The van der Waals surface area contributed by atoms with E-state index in [4.69, 9.17) is 25.8 Å². The van der Waals surface area contributed by atoms with Crippen molar-refractivity contribution in [1.82, 2.24) is 14.5 Å². The van der Waals surface area contributed by atoms with Gasteiger partial charge in [-0.1, -0.05) is 17.7 Å². The van der Waals surface area contributed by atoms with Crippen molar-refractivity contribution in [2.75, 3.05) is 36.9 Å². The maximum absolute atomic E-state index is 13.5. The maximum Gasteiger partial charge on any atom is 0.425 e. The molecular formula is C30H32ClN5O6S. The summed E-state index contributed by atoms with van der Waals surface area (Å²) in [7, 11) is -0.987. The van der Waals surface area contributed by atoms with Gasteiger partial charge in [0.05, 0.1) is 50.4 Å². The molecule has 3 aromatic carbocycles. The Kier molecular flexibility index (Phi) is 8.26. The number of benzene rings is 3. The van der Waals surface area contributed by atoms with Crippen LogP contribution >= 0.6 is 11.6 Å². The molecule has 0 spiro atoms. The van der Waals surface area contributed by atoms with Gasteiger partial charge in [-0.3, -0.25) is 4.31 Å². The van der Waals surface area contributed by atoms with Gasteiger partial charge in [0.25, 0.3) is 0 Å². The number of halogens is 1. The Bertz CT molecular complexity index is 1790. The average molecular weight is 626 g/mol. The van der Waals surface area contributed by atoms with Crippen molar-refractivity contribution in [3.63, 3.8) is 0 Å². The number of anilines is 2. The highest BCUT2D eigenvalue weighted by Crippen LogP contribution is 2.39. The lowest BCUT2D eigenvalue weighted by atomic mass is 10.0. The van der Waals surface area contributed by atoms with Crippen LogP contribution in [0.2, 0.25) is 5.02 Å². The second-order valence-corrected chi connectivity index (χ2v) is 13.0. The number of amides is 1. The van der Waals surface area contributed by atoms with Crippen LogP contribution in [0.1, 0.15) is 26.3 Å². The van der Waals surface area contributed by atoms with Gasteiger partial charge in [0.1, 0.15) is 17.1 Å². The van der Waals surface area contributed by atoms with Crippen LogP contribution in [0.3, 0.4) is 0 Å². The highest BCUT2D eigenvalue weighted by Gasteiger charge is 2.43. The first-order valence-electron chi connectivity index (χ1n) is 13.4. The summed E-state index contributed by atoms with van der Waals surface area (Å²) in [4.78, 5) is 12.7. The van der Waals surface area contributed by atoms with Crippen LogP contribution < -0.4 is 19.1 Å². The molecule has 43 heavy (non-hydrogen) atoms. The lowest BCUT2D eigenvalue weighted by Crippen LogP contribution is -2.40. The Hall–Kier alpha value is -4.29. The molecule has 1 amide bonds. The van der Waals surface area contributed by atoms with Crippen molar-refractivity contribution in [1.29, 1.82) is 0 Å². The van der Waals surface area contributed by atoms with Gasteiger partial charge in [-0.15, -0.1) is 0 Å². The number of nitrogens with one attached hydrogen (secondary N) is 1. The number of ether oxygens (including phenoxy) is 3. The molecule has 13 heteroatoms. The summed E-state index contributed by atoms with van der Waals surface area (Å²) in [5.74, 6) is 1.39. The minimum atomic E-state index is -4.20. The normalized spacial score (nSPS) is 14.6. The highest BCUT2D eigenvalue weighted by atomic mass is 35.5. The molecule has 226 valence electrons. The Morgan fingerprint density at radius 3 is 2.53 bits per heavy atom. The molecule has 1 N–H and O–H groups in total. The summed E-state index contributed by atoms with van der Waals surface area (Å²) >= 11 is 6.37. The molecule has 1 aliphatic rings. The van der Waals surface area contributed by atoms with Crippen molar-refractivity contribution in [2.45, 2.75) is 32.9 Å². The zero-order valence-corrected chi connectivity index (χ0v) is 26.0. The van der Waals surface area contributed by atoms with Crippen molar-refractivity contribution in [3.05, 3.63) is 71.4 Å². The highest BCUT2D eigenvalue weighted by molar-refractivity contribution is 7.91. The molecular weight excluding hydrogens is 594 g/mol. The molecule has 11 nitrogen and oxygen atoms in total. The minimum Gasteiger partial charge on any atom is -0.497 e. The molecule has 0 atom stereocenters. The number of hydrogen-bond donors (Lipinski definition) is 1. The van der Waals surface area contributed by atoms with E-state index in [1.807, 2.05) is 36.4 Å². The molecule has 2 heterocycles. The second-order valence-electron chi connectivity index (χ2n) is 10.8. The fourth-order valence-electron chi connectivity index (χ4n) is 4.79. The van der Waals surface area contributed by atoms with Crippen LogP contribution in [0.4, 0.5) is 16.2 Å². The van der Waals surface area contributed by atoms with Crippen LogP contribution in [0.25, 0.3) is 22.0 Å². The predicted octanol–water partition coefficient (Wildman–Crippen LogP) is 5.88.